The normalized spacial score (nSPS) is 15.7. The Balaban J connectivity index is 2.49. The van der Waals surface area contributed by atoms with Gasteiger partial charge >= 0.3 is 0 Å². The molecule has 5 nitrogen and oxygen atoms in total. The van der Waals surface area contributed by atoms with Crippen molar-refractivity contribution in [3.8, 4) is 6.07 Å². The lowest BCUT2D eigenvalue weighted by Gasteiger charge is -2.10. The first-order valence-corrected chi connectivity index (χ1v) is 4.86. The second-order valence-electron chi connectivity index (χ2n) is 3.77. The minimum absolute atomic E-state index is 0.0000926. The second-order valence-corrected chi connectivity index (χ2v) is 3.77. The molecule has 0 radical (unpaired) electrons. The van der Waals surface area contributed by atoms with E-state index >= 15 is 0 Å². The van der Waals surface area contributed by atoms with Crippen molar-refractivity contribution in [2.75, 3.05) is 11.4 Å². The van der Waals surface area contributed by atoms with Crippen LogP contribution >= 0.6 is 0 Å². The van der Waals surface area contributed by atoms with Crippen molar-refractivity contribution in [3.63, 3.8) is 0 Å². The third kappa shape index (κ3) is 1.39. The molecule has 1 aliphatic heterocycles. The number of furan rings is 1. The molecule has 1 aliphatic rings. The van der Waals surface area contributed by atoms with E-state index in [2.05, 4.69) is 0 Å². The van der Waals surface area contributed by atoms with Crippen molar-refractivity contribution in [1.29, 1.82) is 5.26 Å². The molecular formula is C11H10N2O3. The minimum Gasteiger partial charge on any atom is -0.444 e. The number of anilines is 1. The van der Waals surface area contributed by atoms with Gasteiger partial charge in [-0.2, -0.15) is 5.26 Å². The quantitative estimate of drug-likeness (QED) is 0.661. The van der Waals surface area contributed by atoms with E-state index in [4.69, 9.17) is 9.68 Å². The van der Waals surface area contributed by atoms with Gasteiger partial charge in [0.2, 0.25) is 11.8 Å². The number of amides is 1. The highest BCUT2D eigenvalue weighted by atomic mass is 16.4. The van der Waals surface area contributed by atoms with E-state index in [-0.39, 0.29) is 30.5 Å². The van der Waals surface area contributed by atoms with Crippen LogP contribution in [-0.2, 0) is 9.59 Å². The molecule has 1 aromatic rings. The molecule has 0 aromatic carbocycles. The molecule has 0 aliphatic carbocycles. The van der Waals surface area contributed by atoms with Gasteiger partial charge < -0.3 is 4.42 Å². The zero-order valence-electron chi connectivity index (χ0n) is 9.03. The number of Topliss-reactive ketones (excluding diaryl/α,β-unsaturated/α-hetero) is 1. The number of aryl methyl sites for hydroxylation is 1. The lowest BCUT2D eigenvalue weighted by molar-refractivity contribution is -0.121. The maximum atomic E-state index is 11.5. The lowest BCUT2D eigenvalue weighted by Crippen LogP contribution is -2.24. The molecule has 1 aromatic heterocycles. The van der Waals surface area contributed by atoms with Crippen LogP contribution in [0.5, 0.6) is 0 Å². The Hall–Kier alpha value is -2.09. The van der Waals surface area contributed by atoms with Gasteiger partial charge in [0.25, 0.3) is 0 Å². The van der Waals surface area contributed by atoms with Crippen molar-refractivity contribution in [2.24, 2.45) is 0 Å². The number of hydrogen-bond acceptors (Lipinski definition) is 4. The zero-order chi connectivity index (χ0) is 11.9. The number of nitrogens with zero attached hydrogens (tertiary/aromatic N) is 2. The van der Waals surface area contributed by atoms with E-state index in [1.807, 2.05) is 6.07 Å². The van der Waals surface area contributed by atoms with Crippen LogP contribution in [0.1, 0.15) is 23.3 Å². The van der Waals surface area contributed by atoms with E-state index in [0.29, 0.717) is 16.9 Å². The van der Waals surface area contributed by atoms with Crippen LogP contribution in [0.2, 0.25) is 0 Å². The van der Waals surface area contributed by atoms with Crippen molar-refractivity contribution >= 4 is 17.6 Å². The lowest BCUT2D eigenvalue weighted by atomic mass is 10.2. The number of nitriles is 1. The zero-order valence-corrected chi connectivity index (χ0v) is 9.03. The molecule has 0 atom stereocenters. The Morgan fingerprint density at radius 1 is 1.38 bits per heavy atom. The van der Waals surface area contributed by atoms with Crippen LogP contribution in [0.25, 0.3) is 0 Å². The highest BCUT2D eigenvalue weighted by Gasteiger charge is 2.33. The van der Waals surface area contributed by atoms with Crippen LogP contribution in [-0.4, -0.2) is 18.2 Å². The third-order valence-corrected chi connectivity index (χ3v) is 2.71. The Labute approximate surface area is 92.2 Å². The summed E-state index contributed by atoms with van der Waals surface area (Å²) in [6.07, 6.45) is -0.107. The SMILES string of the molecule is Cc1oc(N2CC(=O)CC2=O)c(C#N)c1C. The largest absolute Gasteiger partial charge is 0.444 e. The van der Waals surface area contributed by atoms with Gasteiger partial charge in [-0.1, -0.05) is 0 Å². The standard InChI is InChI=1S/C11H10N2O3/c1-6-7(2)16-11(9(6)4-12)13-5-8(14)3-10(13)15/h3,5H2,1-2H3. The minimum atomic E-state index is -0.310. The molecule has 16 heavy (non-hydrogen) atoms. The first-order chi connectivity index (χ1) is 7.54. The summed E-state index contributed by atoms with van der Waals surface area (Å²) in [6, 6.07) is 2.00. The molecule has 1 fully saturated rings. The van der Waals surface area contributed by atoms with E-state index in [1.54, 1.807) is 13.8 Å². The number of hydrogen-bond donors (Lipinski definition) is 0. The summed E-state index contributed by atoms with van der Waals surface area (Å²) in [7, 11) is 0. The molecule has 2 rings (SSSR count). The summed E-state index contributed by atoms with van der Waals surface area (Å²) in [6.45, 7) is 3.48. The fourth-order valence-corrected chi connectivity index (χ4v) is 1.70. The Morgan fingerprint density at radius 3 is 2.56 bits per heavy atom. The first kappa shape index (κ1) is 10.4. The van der Waals surface area contributed by atoms with Crippen LogP contribution in [0.15, 0.2) is 4.42 Å². The molecule has 1 amide bonds. The topological polar surface area (TPSA) is 74.3 Å². The average Bonchev–Trinajstić information content (AvgIpc) is 2.69. The summed E-state index contributed by atoms with van der Waals surface area (Å²) in [4.78, 5) is 23.9. The van der Waals surface area contributed by atoms with E-state index < -0.39 is 0 Å². The predicted octanol–water partition coefficient (Wildman–Crippen LogP) is 1.07. The first-order valence-electron chi connectivity index (χ1n) is 4.86. The monoisotopic (exact) mass is 218 g/mol. The van der Waals surface area contributed by atoms with Gasteiger partial charge in [0, 0.05) is 5.56 Å². The fraction of sp³-hybridized carbons (Fsp3) is 0.364. The maximum absolute atomic E-state index is 11.5. The van der Waals surface area contributed by atoms with E-state index in [9.17, 15) is 9.59 Å². The summed E-state index contributed by atoms with van der Waals surface area (Å²) in [5.74, 6) is 0.336. The van der Waals surface area contributed by atoms with Gasteiger partial charge in [0.1, 0.15) is 17.4 Å². The summed E-state index contributed by atoms with van der Waals surface area (Å²) in [5.41, 5.74) is 1.05. The molecular weight excluding hydrogens is 208 g/mol. The number of carbonyl (C=O) groups excluding carboxylic acids is 2. The van der Waals surface area contributed by atoms with E-state index in [1.165, 1.54) is 4.90 Å². The van der Waals surface area contributed by atoms with Gasteiger partial charge in [-0.25, -0.2) is 0 Å². The van der Waals surface area contributed by atoms with Crippen LogP contribution < -0.4 is 4.90 Å². The molecule has 0 spiro atoms. The summed E-state index contributed by atoms with van der Waals surface area (Å²) >= 11 is 0. The predicted molar refractivity (Wildman–Crippen MR) is 54.9 cm³/mol. The average molecular weight is 218 g/mol. The Bertz CT molecular complexity index is 522. The fourth-order valence-electron chi connectivity index (χ4n) is 1.70. The van der Waals surface area contributed by atoms with Crippen molar-refractivity contribution in [2.45, 2.75) is 20.3 Å². The maximum Gasteiger partial charge on any atom is 0.237 e. The number of ketones is 1. The van der Waals surface area contributed by atoms with Gasteiger partial charge in [0.05, 0.1) is 13.0 Å². The van der Waals surface area contributed by atoms with Gasteiger partial charge in [-0.3, -0.25) is 14.5 Å². The van der Waals surface area contributed by atoms with Gasteiger partial charge in [-0.15, -0.1) is 0 Å². The van der Waals surface area contributed by atoms with Gasteiger partial charge in [-0.05, 0) is 13.8 Å². The van der Waals surface area contributed by atoms with Crippen LogP contribution in [0.3, 0.4) is 0 Å². The van der Waals surface area contributed by atoms with Crippen LogP contribution in [0, 0.1) is 25.2 Å². The molecule has 2 heterocycles. The van der Waals surface area contributed by atoms with Crippen molar-refractivity contribution in [3.05, 3.63) is 16.9 Å². The summed E-state index contributed by atoms with van der Waals surface area (Å²) in [5, 5.41) is 8.99. The highest BCUT2D eigenvalue weighted by molar-refractivity contribution is 6.14. The summed E-state index contributed by atoms with van der Waals surface area (Å²) < 4.78 is 5.37. The molecule has 0 N–H and O–H groups in total. The van der Waals surface area contributed by atoms with Crippen molar-refractivity contribution < 1.29 is 14.0 Å². The van der Waals surface area contributed by atoms with E-state index in [0.717, 1.165) is 0 Å². The number of carbonyl (C=O) groups is 2. The molecule has 1 saturated heterocycles. The van der Waals surface area contributed by atoms with Crippen molar-refractivity contribution in [1.82, 2.24) is 0 Å². The Kier molecular flexibility index (Phi) is 2.27. The molecule has 82 valence electrons. The molecule has 0 bridgehead atoms. The number of rotatable bonds is 1. The third-order valence-electron chi connectivity index (χ3n) is 2.71. The molecule has 0 saturated carbocycles. The highest BCUT2D eigenvalue weighted by Crippen LogP contribution is 2.30. The smallest absolute Gasteiger partial charge is 0.237 e. The molecule has 5 heteroatoms. The van der Waals surface area contributed by atoms with Crippen LogP contribution in [0.4, 0.5) is 5.88 Å². The Morgan fingerprint density at radius 2 is 2.06 bits per heavy atom. The van der Waals surface area contributed by atoms with Gasteiger partial charge in [0.15, 0.2) is 5.78 Å². The second kappa shape index (κ2) is 3.49. The molecule has 0 unspecified atom stereocenters.